The summed E-state index contributed by atoms with van der Waals surface area (Å²) in [6, 6.07) is 8.31. The van der Waals surface area contributed by atoms with Gasteiger partial charge in [0.15, 0.2) is 5.96 Å². The third-order valence-electron chi connectivity index (χ3n) is 5.94. The number of rotatable bonds is 5. The molecule has 0 bridgehead atoms. The first kappa shape index (κ1) is 19.5. The van der Waals surface area contributed by atoms with Crippen molar-refractivity contribution < 1.29 is 4.79 Å². The molecule has 1 saturated heterocycles. The number of aromatic nitrogens is 2. The fraction of sp³-hybridized carbons (Fsp3) is 0.500. The van der Waals surface area contributed by atoms with Crippen LogP contribution in [-0.4, -0.2) is 58.1 Å². The predicted molar refractivity (Wildman–Crippen MR) is 113 cm³/mol. The molecule has 0 spiro atoms. The highest BCUT2D eigenvalue weighted by atomic mass is 16.2. The van der Waals surface area contributed by atoms with Crippen LogP contribution >= 0.6 is 0 Å². The zero-order chi connectivity index (χ0) is 20.2. The van der Waals surface area contributed by atoms with Gasteiger partial charge in [0.05, 0.1) is 6.20 Å². The second kappa shape index (κ2) is 8.68. The number of aryl methyl sites for hydroxylation is 1. The van der Waals surface area contributed by atoms with Crippen molar-refractivity contribution in [3.05, 3.63) is 53.3 Å². The molecule has 1 unspecified atom stereocenters. The highest BCUT2D eigenvalue weighted by Crippen LogP contribution is 2.26. The lowest BCUT2D eigenvalue weighted by Crippen LogP contribution is -2.40. The molecule has 1 amide bonds. The molecule has 1 aromatic heterocycles. The van der Waals surface area contributed by atoms with E-state index in [1.54, 1.807) is 0 Å². The van der Waals surface area contributed by atoms with Crippen LogP contribution in [0.3, 0.4) is 0 Å². The Hall–Kier alpha value is -2.83. The molecule has 2 aromatic rings. The summed E-state index contributed by atoms with van der Waals surface area (Å²) in [4.78, 5) is 21.2. The second-order valence-corrected chi connectivity index (χ2v) is 7.98. The van der Waals surface area contributed by atoms with Gasteiger partial charge in [-0.2, -0.15) is 5.10 Å². The molecule has 1 N–H and O–H groups in total. The van der Waals surface area contributed by atoms with Crippen molar-refractivity contribution in [1.29, 1.82) is 0 Å². The maximum absolute atomic E-state index is 12.5. The van der Waals surface area contributed by atoms with Gasteiger partial charge in [0.25, 0.3) is 0 Å². The molecule has 1 atom stereocenters. The number of likely N-dealkylation sites (tertiary alicyclic amines) is 1. The second-order valence-electron chi connectivity index (χ2n) is 7.98. The largest absolute Gasteiger partial charge is 0.356 e. The standard InChI is InChI=1S/C22H30N6O/c1-23-22(27-11-9-19(14-27)20-12-25-26(2)13-20)24-10-5-8-21(29)28-15-17-6-3-4-7-18(17)16-28/h3-4,6-7,12-13,19H,5,8-11,14-16H2,1-2H3,(H,23,24). The Balaban J connectivity index is 1.19. The van der Waals surface area contributed by atoms with Crippen LogP contribution < -0.4 is 5.32 Å². The van der Waals surface area contributed by atoms with Gasteiger partial charge in [-0.15, -0.1) is 0 Å². The Labute approximate surface area is 172 Å². The van der Waals surface area contributed by atoms with E-state index in [1.807, 2.05) is 42.0 Å². The summed E-state index contributed by atoms with van der Waals surface area (Å²) in [5.74, 6) is 1.66. The molecule has 154 valence electrons. The summed E-state index contributed by atoms with van der Waals surface area (Å²) in [5.41, 5.74) is 3.84. The van der Waals surface area contributed by atoms with Crippen LogP contribution in [0.15, 0.2) is 41.7 Å². The molecule has 0 saturated carbocycles. The molecule has 1 fully saturated rings. The molecule has 0 radical (unpaired) electrons. The third-order valence-corrected chi connectivity index (χ3v) is 5.94. The summed E-state index contributed by atoms with van der Waals surface area (Å²) < 4.78 is 1.86. The van der Waals surface area contributed by atoms with Crippen LogP contribution in [0.2, 0.25) is 0 Å². The zero-order valence-corrected chi connectivity index (χ0v) is 17.3. The maximum Gasteiger partial charge on any atom is 0.223 e. The topological polar surface area (TPSA) is 65.8 Å². The minimum Gasteiger partial charge on any atom is -0.356 e. The highest BCUT2D eigenvalue weighted by Gasteiger charge is 2.27. The van der Waals surface area contributed by atoms with Crippen LogP contribution in [0, 0.1) is 0 Å². The van der Waals surface area contributed by atoms with Gasteiger partial charge in [0, 0.05) is 65.4 Å². The van der Waals surface area contributed by atoms with Crippen LogP contribution in [0.1, 0.15) is 41.9 Å². The predicted octanol–water partition coefficient (Wildman–Crippen LogP) is 2.11. The van der Waals surface area contributed by atoms with Crippen LogP contribution in [0.5, 0.6) is 0 Å². The van der Waals surface area contributed by atoms with Gasteiger partial charge in [-0.1, -0.05) is 24.3 Å². The fourth-order valence-corrected chi connectivity index (χ4v) is 4.32. The third kappa shape index (κ3) is 4.44. The van der Waals surface area contributed by atoms with E-state index in [-0.39, 0.29) is 5.91 Å². The Morgan fingerprint density at radius 1 is 1.24 bits per heavy atom. The molecule has 29 heavy (non-hydrogen) atoms. The average molecular weight is 395 g/mol. The fourth-order valence-electron chi connectivity index (χ4n) is 4.32. The molecule has 1 aromatic carbocycles. The first-order valence-electron chi connectivity index (χ1n) is 10.4. The summed E-state index contributed by atoms with van der Waals surface area (Å²) >= 11 is 0. The molecular weight excluding hydrogens is 364 g/mol. The molecule has 2 aliphatic heterocycles. The number of hydrogen-bond donors (Lipinski definition) is 1. The summed E-state index contributed by atoms with van der Waals surface area (Å²) in [6.45, 7) is 4.19. The van der Waals surface area contributed by atoms with E-state index in [1.165, 1.54) is 16.7 Å². The van der Waals surface area contributed by atoms with Gasteiger partial charge in [-0.05, 0) is 29.5 Å². The van der Waals surface area contributed by atoms with Gasteiger partial charge >= 0.3 is 0 Å². The van der Waals surface area contributed by atoms with E-state index in [9.17, 15) is 4.79 Å². The lowest BCUT2D eigenvalue weighted by Gasteiger charge is -2.22. The van der Waals surface area contributed by atoms with E-state index in [4.69, 9.17) is 0 Å². The van der Waals surface area contributed by atoms with Gasteiger partial charge < -0.3 is 15.1 Å². The Bertz CT molecular complexity index is 864. The van der Waals surface area contributed by atoms with Crippen molar-refractivity contribution in [1.82, 2.24) is 24.9 Å². The SMILES string of the molecule is CN=C(NCCCC(=O)N1Cc2ccccc2C1)N1CCC(c2cnn(C)c2)C1. The quantitative estimate of drug-likeness (QED) is 0.479. The molecule has 2 aliphatic rings. The Morgan fingerprint density at radius 2 is 2.00 bits per heavy atom. The number of hydrogen-bond acceptors (Lipinski definition) is 3. The zero-order valence-electron chi connectivity index (χ0n) is 17.3. The van der Waals surface area contributed by atoms with Crippen molar-refractivity contribution >= 4 is 11.9 Å². The van der Waals surface area contributed by atoms with Crippen molar-refractivity contribution in [3.63, 3.8) is 0 Å². The van der Waals surface area contributed by atoms with Crippen LogP contribution in [0.4, 0.5) is 0 Å². The molecule has 4 rings (SSSR count). The van der Waals surface area contributed by atoms with Gasteiger partial charge in [0.1, 0.15) is 0 Å². The van der Waals surface area contributed by atoms with Crippen molar-refractivity contribution in [2.24, 2.45) is 12.0 Å². The smallest absolute Gasteiger partial charge is 0.223 e. The normalized spacial score (nSPS) is 19.0. The maximum atomic E-state index is 12.5. The monoisotopic (exact) mass is 394 g/mol. The molecule has 0 aliphatic carbocycles. The van der Waals surface area contributed by atoms with Crippen LogP contribution in [0.25, 0.3) is 0 Å². The van der Waals surface area contributed by atoms with Gasteiger partial charge in [-0.25, -0.2) is 0 Å². The molecular formula is C22H30N6O. The van der Waals surface area contributed by atoms with E-state index in [0.717, 1.165) is 51.5 Å². The Kier molecular flexibility index (Phi) is 5.83. The van der Waals surface area contributed by atoms with Crippen molar-refractivity contribution in [2.45, 2.75) is 38.3 Å². The summed E-state index contributed by atoms with van der Waals surface area (Å²) in [7, 11) is 3.78. The highest BCUT2D eigenvalue weighted by molar-refractivity contribution is 5.80. The van der Waals surface area contributed by atoms with E-state index >= 15 is 0 Å². The molecule has 7 nitrogen and oxygen atoms in total. The summed E-state index contributed by atoms with van der Waals surface area (Å²) in [6.07, 6.45) is 6.56. The number of fused-ring (bicyclic) bond motifs is 1. The minimum atomic E-state index is 0.232. The van der Waals surface area contributed by atoms with Gasteiger partial charge in [-0.3, -0.25) is 14.5 Å². The van der Waals surface area contributed by atoms with Gasteiger partial charge in [0.2, 0.25) is 5.91 Å². The minimum absolute atomic E-state index is 0.232. The number of benzene rings is 1. The molecule has 7 heteroatoms. The van der Waals surface area contributed by atoms with E-state index in [0.29, 0.717) is 12.3 Å². The van der Waals surface area contributed by atoms with E-state index in [2.05, 4.69) is 38.6 Å². The first-order chi connectivity index (χ1) is 14.1. The summed E-state index contributed by atoms with van der Waals surface area (Å²) in [5, 5.41) is 7.73. The average Bonchev–Trinajstić information content (AvgIpc) is 3.46. The van der Waals surface area contributed by atoms with E-state index < -0.39 is 0 Å². The number of nitrogens with zero attached hydrogens (tertiary/aromatic N) is 5. The lowest BCUT2D eigenvalue weighted by atomic mass is 10.0. The first-order valence-corrected chi connectivity index (χ1v) is 10.4. The number of amides is 1. The number of carbonyl (C=O) groups excluding carboxylic acids is 1. The van der Waals surface area contributed by atoms with Crippen LogP contribution in [-0.2, 0) is 24.9 Å². The number of guanidine groups is 1. The lowest BCUT2D eigenvalue weighted by molar-refractivity contribution is -0.131. The number of nitrogens with one attached hydrogen (secondary N) is 1. The number of carbonyl (C=O) groups is 1. The Morgan fingerprint density at radius 3 is 2.66 bits per heavy atom. The number of aliphatic imine (C=N–C) groups is 1. The molecule has 3 heterocycles. The van der Waals surface area contributed by atoms with Crippen molar-refractivity contribution in [3.8, 4) is 0 Å². The van der Waals surface area contributed by atoms with Crippen molar-refractivity contribution in [2.75, 3.05) is 26.7 Å².